The number of aromatic nitrogens is 2. The summed E-state index contributed by atoms with van der Waals surface area (Å²) >= 11 is 0. The van der Waals surface area contributed by atoms with Gasteiger partial charge in [0, 0.05) is 5.92 Å². The van der Waals surface area contributed by atoms with Crippen LogP contribution in [-0.2, 0) is 0 Å². The van der Waals surface area contributed by atoms with E-state index in [1.165, 1.54) is 0 Å². The van der Waals surface area contributed by atoms with Crippen LogP contribution in [0.3, 0.4) is 0 Å². The normalized spacial score (nSPS) is 23.1. The van der Waals surface area contributed by atoms with Crippen LogP contribution in [0, 0.1) is 17.2 Å². The van der Waals surface area contributed by atoms with Crippen molar-refractivity contribution in [3.8, 4) is 6.07 Å². The fourth-order valence-corrected chi connectivity index (χ4v) is 3.03. The van der Waals surface area contributed by atoms with Crippen molar-refractivity contribution < 1.29 is 13.2 Å². The number of hydrogen-bond donors (Lipinski definition) is 1. The first-order valence-electron chi connectivity index (χ1n) is 6.94. The Morgan fingerprint density at radius 1 is 1.29 bits per heavy atom. The smallest absolute Gasteiger partial charge is 0.342 e. The Kier molecular flexibility index (Phi) is 3.36. The van der Waals surface area contributed by atoms with Gasteiger partial charge in [-0.15, -0.1) is 0 Å². The van der Waals surface area contributed by atoms with Gasteiger partial charge < -0.3 is 4.98 Å². The minimum absolute atomic E-state index is 0.0917. The number of imidazole rings is 1. The average molecular weight is 293 g/mol. The molecule has 0 bridgehead atoms. The Balaban J connectivity index is 1.88. The Bertz CT molecular complexity index is 696. The van der Waals surface area contributed by atoms with E-state index < -0.39 is 12.1 Å². The Morgan fingerprint density at radius 2 is 2.10 bits per heavy atom. The lowest BCUT2D eigenvalue weighted by atomic mass is 9.80. The highest BCUT2D eigenvalue weighted by Gasteiger charge is 2.42. The molecule has 1 saturated carbocycles. The molecule has 0 spiro atoms. The molecule has 21 heavy (non-hydrogen) atoms. The third-order valence-corrected chi connectivity index (χ3v) is 4.15. The summed E-state index contributed by atoms with van der Waals surface area (Å²) in [5.74, 6) is -0.823. The first kappa shape index (κ1) is 13.9. The summed E-state index contributed by atoms with van der Waals surface area (Å²) in [4.78, 5) is 7.48. The molecule has 2 atom stereocenters. The molecule has 6 heteroatoms. The quantitative estimate of drug-likeness (QED) is 0.853. The Morgan fingerprint density at radius 3 is 2.81 bits per heavy atom. The monoisotopic (exact) mass is 293 g/mol. The van der Waals surface area contributed by atoms with Crippen molar-refractivity contribution in [2.24, 2.45) is 5.92 Å². The summed E-state index contributed by atoms with van der Waals surface area (Å²) in [5, 5.41) is 8.87. The van der Waals surface area contributed by atoms with Crippen LogP contribution in [-0.4, -0.2) is 16.1 Å². The molecule has 2 aromatic rings. The molecule has 110 valence electrons. The van der Waals surface area contributed by atoms with E-state index in [2.05, 4.69) is 9.97 Å². The number of nitriles is 1. The molecular formula is C15H14F3N3. The molecule has 3 nitrogen and oxygen atoms in total. The summed E-state index contributed by atoms with van der Waals surface area (Å²) in [6, 6.07) is 7.09. The van der Waals surface area contributed by atoms with E-state index >= 15 is 0 Å². The molecule has 1 fully saturated rings. The van der Waals surface area contributed by atoms with Gasteiger partial charge in [-0.2, -0.15) is 18.4 Å². The number of nitrogens with one attached hydrogen (secondary N) is 1. The van der Waals surface area contributed by atoms with E-state index in [9.17, 15) is 13.2 Å². The molecule has 0 saturated heterocycles. The van der Waals surface area contributed by atoms with E-state index in [1.807, 2.05) is 6.07 Å². The van der Waals surface area contributed by atoms with Gasteiger partial charge in [0.2, 0.25) is 0 Å². The largest absolute Gasteiger partial charge is 0.391 e. The third kappa shape index (κ3) is 2.73. The highest BCUT2D eigenvalue weighted by atomic mass is 19.4. The summed E-state index contributed by atoms with van der Waals surface area (Å²) in [7, 11) is 0. The van der Waals surface area contributed by atoms with Crippen LogP contribution in [0.5, 0.6) is 0 Å². The van der Waals surface area contributed by atoms with Gasteiger partial charge in [-0.05, 0) is 37.5 Å². The number of fused-ring (bicyclic) bond motifs is 1. The van der Waals surface area contributed by atoms with Crippen molar-refractivity contribution in [1.29, 1.82) is 5.26 Å². The lowest BCUT2D eigenvalue weighted by Crippen LogP contribution is -2.28. The van der Waals surface area contributed by atoms with E-state index in [-0.39, 0.29) is 18.8 Å². The van der Waals surface area contributed by atoms with Crippen LogP contribution < -0.4 is 0 Å². The number of halogens is 3. The van der Waals surface area contributed by atoms with Crippen molar-refractivity contribution in [3.63, 3.8) is 0 Å². The predicted molar refractivity (Wildman–Crippen MR) is 71.6 cm³/mol. The zero-order chi connectivity index (χ0) is 15.0. The number of aromatic amines is 1. The SMILES string of the molecule is N#Cc1ccc2nc(C3CCCC(C(F)(F)F)C3)[nH]c2c1. The number of nitrogens with zero attached hydrogens (tertiary/aromatic N) is 2. The van der Waals surface area contributed by atoms with Crippen LogP contribution in [0.1, 0.15) is 43.0 Å². The van der Waals surface area contributed by atoms with Gasteiger partial charge in [0.15, 0.2) is 0 Å². The Labute approximate surface area is 119 Å². The van der Waals surface area contributed by atoms with Gasteiger partial charge in [0.1, 0.15) is 5.82 Å². The van der Waals surface area contributed by atoms with E-state index in [0.717, 1.165) is 6.42 Å². The molecule has 1 N–H and O–H groups in total. The number of hydrogen-bond acceptors (Lipinski definition) is 2. The number of benzene rings is 1. The van der Waals surface area contributed by atoms with E-state index in [0.29, 0.717) is 28.8 Å². The molecule has 1 aromatic carbocycles. The molecule has 0 amide bonds. The molecule has 1 aliphatic carbocycles. The molecule has 0 radical (unpaired) electrons. The average Bonchev–Trinajstić information content (AvgIpc) is 2.89. The maximum Gasteiger partial charge on any atom is 0.391 e. The maximum absolute atomic E-state index is 12.9. The van der Waals surface area contributed by atoms with Crippen molar-refractivity contribution >= 4 is 11.0 Å². The lowest BCUT2D eigenvalue weighted by Gasteiger charge is -2.29. The molecule has 1 aromatic heterocycles. The molecule has 3 rings (SSSR count). The summed E-state index contributed by atoms with van der Waals surface area (Å²) in [5.41, 5.74) is 1.91. The summed E-state index contributed by atoms with van der Waals surface area (Å²) in [6.07, 6.45) is -2.54. The van der Waals surface area contributed by atoms with Crippen molar-refractivity contribution in [1.82, 2.24) is 9.97 Å². The van der Waals surface area contributed by atoms with Crippen LogP contribution >= 0.6 is 0 Å². The molecule has 1 heterocycles. The number of alkyl halides is 3. The van der Waals surface area contributed by atoms with Crippen molar-refractivity contribution in [2.75, 3.05) is 0 Å². The highest BCUT2D eigenvalue weighted by Crippen LogP contribution is 2.43. The van der Waals surface area contributed by atoms with Gasteiger partial charge >= 0.3 is 6.18 Å². The molecule has 0 aliphatic heterocycles. The first-order chi connectivity index (χ1) is 9.97. The number of rotatable bonds is 1. The second-order valence-electron chi connectivity index (χ2n) is 5.57. The zero-order valence-corrected chi connectivity index (χ0v) is 11.2. The lowest BCUT2D eigenvalue weighted by molar-refractivity contribution is -0.183. The van der Waals surface area contributed by atoms with Gasteiger partial charge in [-0.1, -0.05) is 6.42 Å². The van der Waals surface area contributed by atoms with Crippen LogP contribution in [0.25, 0.3) is 11.0 Å². The van der Waals surface area contributed by atoms with Crippen LogP contribution in [0.15, 0.2) is 18.2 Å². The fourth-order valence-electron chi connectivity index (χ4n) is 3.03. The first-order valence-corrected chi connectivity index (χ1v) is 6.94. The van der Waals surface area contributed by atoms with Gasteiger partial charge in [-0.3, -0.25) is 0 Å². The van der Waals surface area contributed by atoms with Crippen LogP contribution in [0.2, 0.25) is 0 Å². The van der Waals surface area contributed by atoms with Crippen molar-refractivity contribution in [3.05, 3.63) is 29.6 Å². The highest BCUT2D eigenvalue weighted by molar-refractivity contribution is 5.76. The summed E-state index contributed by atoms with van der Waals surface area (Å²) in [6.45, 7) is 0. The van der Waals surface area contributed by atoms with Crippen LogP contribution in [0.4, 0.5) is 13.2 Å². The van der Waals surface area contributed by atoms with Gasteiger partial charge in [-0.25, -0.2) is 4.98 Å². The molecular weight excluding hydrogens is 279 g/mol. The second-order valence-corrected chi connectivity index (χ2v) is 5.57. The van der Waals surface area contributed by atoms with E-state index in [1.54, 1.807) is 18.2 Å². The zero-order valence-electron chi connectivity index (χ0n) is 11.2. The molecule has 2 unspecified atom stereocenters. The topological polar surface area (TPSA) is 52.5 Å². The van der Waals surface area contributed by atoms with Gasteiger partial charge in [0.25, 0.3) is 0 Å². The Hall–Kier alpha value is -2.03. The minimum atomic E-state index is -4.13. The summed E-state index contributed by atoms with van der Waals surface area (Å²) < 4.78 is 38.6. The molecule has 1 aliphatic rings. The second kappa shape index (κ2) is 5.06. The predicted octanol–water partition coefficient (Wildman–Crippen LogP) is 4.27. The minimum Gasteiger partial charge on any atom is -0.342 e. The fraction of sp³-hybridized carbons (Fsp3) is 0.467. The van der Waals surface area contributed by atoms with Gasteiger partial charge in [0.05, 0.1) is 28.6 Å². The third-order valence-electron chi connectivity index (χ3n) is 4.15. The van der Waals surface area contributed by atoms with Crippen molar-refractivity contribution in [2.45, 2.75) is 37.8 Å². The number of H-pyrrole nitrogens is 1. The maximum atomic E-state index is 12.9. The van der Waals surface area contributed by atoms with E-state index in [4.69, 9.17) is 5.26 Å². The standard InChI is InChI=1S/C15H14F3N3/c16-15(17,18)11-3-1-2-10(7-11)14-20-12-5-4-9(8-19)6-13(12)21-14/h4-6,10-11H,1-3,7H2,(H,20,21).